The molecule has 2 rings (SSSR count). The van der Waals surface area contributed by atoms with E-state index in [1.807, 2.05) is 6.92 Å². The third-order valence-electron chi connectivity index (χ3n) is 4.01. The zero-order valence-corrected chi connectivity index (χ0v) is 15.5. The van der Waals surface area contributed by atoms with Crippen LogP contribution in [0.2, 0.25) is 0 Å². The number of nitrogens with one attached hydrogen (secondary N) is 1. The molecule has 0 amide bonds. The summed E-state index contributed by atoms with van der Waals surface area (Å²) in [6.07, 6.45) is 1.83. The first kappa shape index (κ1) is 20.2. The fourth-order valence-electron chi connectivity index (χ4n) is 2.74. The maximum atomic E-state index is 12.7. The normalized spacial score (nSPS) is 16.8. The summed E-state index contributed by atoms with van der Waals surface area (Å²) in [7, 11) is -3.41. The Bertz CT molecular complexity index is 572. The Morgan fingerprint density at radius 2 is 1.96 bits per heavy atom. The van der Waals surface area contributed by atoms with Crippen molar-refractivity contribution in [3.8, 4) is 5.75 Å². The summed E-state index contributed by atoms with van der Waals surface area (Å²) < 4.78 is 32.4. The van der Waals surface area contributed by atoms with Gasteiger partial charge in [0.1, 0.15) is 5.75 Å². The second-order valence-corrected chi connectivity index (χ2v) is 7.50. The van der Waals surface area contributed by atoms with Gasteiger partial charge in [-0.25, -0.2) is 8.42 Å². The fraction of sp³-hybridized carbons (Fsp3) is 0.625. The molecule has 5 nitrogen and oxygen atoms in total. The van der Waals surface area contributed by atoms with Crippen molar-refractivity contribution in [3.05, 3.63) is 24.3 Å². The number of sulfonamides is 1. The van der Waals surface area contributed by atoms with Gasteiger partial charge in [0.15, 0.2) is 0 Å². The third-order valence-corrected chi connectivity index (χ3v) is 5.91. The molecule has 0 radical (unpaired) electrons. The predicted octanol–water partition coefficient (Wildman–Crippen LogP) is 2.52. The Balaban J connectivity index is 0.00000264. The molecule has 1 heterocycles. The molecule has 0 spiro atoms. The van der Waals surface area contributed by atoms with Crippen LogP contribution < -0.4 is 10.1 Å². The zero-order valence-electron chi connectivity index (χ0n) is 13.8. The summed E-state index contributed by atoms with van der Waals surface area (Å²) >= 11 is 0. The van der Waals surface area contributed by atoms with E-state index in [1.165, 1.54) is 0 Å². The lowest BCUT2D eigenvalue weighted by Crippen LogP contribution is -2.40. The van der Waals surface area contributed by atoms with Gasteiger partial charge in [0, 0.05) is 19.2 Å². The largest absolute Gasteiger partial charge is 0.494 e. The topological polar surface area (TPSA) is 58.6 Å². The van der Waals surface area contributed by atoms with E-state index in [9.17, 15) is 8.42 Å². The minimum Gasteiger partial charge on any atom is -0.494 e. The first-order valence-corrected chi connectivity index (χ1v) is 9.45. The van der Waals surface area contributed by atoms with Crippen LogP contribution in [0.15, 0.2) is 29.2 Å². The molecule has 0 atom stereocenters. The number of ether oxygens (including phenoxy) is 1. The molecule has 1 aromatic rings. The van der Waals surface area contributed by atoms with E-state index in [2.05, 4.69) is 12.2 Å². The van der Waals surface area contributed by atoms with Gasteiger partial charge in [0.25, 0.3) is 0 Å². The van der Waals surface area contributed by atoms with E-state index in [0.717, 1.165) is 25.9 Å². The summed E-state index contributed by atoms with van der Waals surface area (Å²) in [5, 5.41) is 3.34. The lowest BCUT2D eigenvalue weighted by molar-refractivity contribution is 0.268. The van der Waals surface area contributed by atoms with Crippen LogP contribution in [0.1, 0.15) is 26.7 Å². The zero-order chi connectivity index (χ0) is 16.0. The van der Waals surface area contributed by atoms with Crippen LogP contribution in [0, 0.1) is 5.92 Å². The van der Waals surface area contributed by atoms with Gasteiger partial charge in [-0.3, -0.25) is 0 Å². The van der Waals surface area contributed by atoms with E-state index in [-0.39, 0.29) is 12.4 Å². The summed E-state index contributed by atoms with van der Waals surface area (Å²) in [6, 6.07) is 6.77. The number of hydrogen-bond donors (Lipinski definition) is 1. The number of halogens is 1. The Kier molecular flexibility index (Phi) is 8.33. The summed E-state index contributed by atoms with van der Waals surface area (Å²) in [6.45, 7) is 7.63. The van der Waals surface area contributed by atoms with Crippen LogP contribution in [-0.4, -0.2) is 45.5 Å². The molecule has 1 N–H and O–H groups in total. The van der Waals surface area contributed by atoms with Gasteiger partial charge in [0.2, 0.25) is 10.0 Å². The monoisotopic (exact) mass is 362 g/mol. The van der Waals surface area contributed by atoms with Gasteiger partial charge in [-0.2, -0.15) is 4.31 Å². The highest BCUT2D eigenvalue weighted by Crippen LogP contribution is 2.25. The predicted molar refractivity (Wildman–Crippen MR) is 94.9 cm³/mol. The average molecular weight is 363 g/mol. The maximum Gasteiger partial charge on any atom is 0.243 e. The fourth-order valence-corrected chi connectivity index (χ4v) is 4.25. The highest BCUT2D eigenvalue weighted by atomic mass is 35.5. The highest BCUT2D eigenvalue weighted by molar-refractivity contribution is 7.89. The van der Waals surface area contributed by atoms with E-state index >= 15 is 0 Å². The Morgan fingerprint density at radius 1 is 1.26 bits per heavy atom. The molecule has 1 aliphatic rings. The molecule has 23 heavy (non-hydrogen) atoms. The molecule has 0 aromatic heterocycles. The molecule has 0 bridgehead atoms. The van der Waals surface area contributed by atoms with Crippen molar-refractivity contribution in [1.82, 2.24) is 9.62 Å². The Morgan fingerprint density at radius 3 is 2.57 bits per heavy atom. The molecule has 0 unspecified atom stereocenters. The van der Waals surface area contributed by atoms with E-state index in [0.29, 0.717) is 36.3 Å². The van der Waals surface area contributed by atoms with Gasteiger partial charge in [-0.15, -0.1) is 12.4 Å². The number of rotatable bonds is 7. The van der Waals surface area contributed by atoms with Crippen LogP contribution in [0.25, 0.3) is 0 Å². The number of piperidine rings is 1. The molecule has 1 aliphatic heterocycles. The SMILES string of the molecule is CCNCC1CCN(S(=O)(=O)c2cccc(OCC)c2)CC1.Cl. The molecule has 1 saturated heterocycles. The van der Waals surface area contributed by atoms with Gasteiger partial charge in [0.05, 0.1) is 11.5 Å². The third kappa shape index (κ3) is 5.35. The molecule has 7 heteroatoms. The minimum atomic E-state index is -3.41. The molecule has 132 valence electrons. The first-order chi connectivity index (χ1) is 10.6. The second-order valence-electron chi connectivity index (χ2n) is 5.56. The van der Waals surface area contributed by atoms with Crippen molar-refractivity contribution < 1.29 is 13.2 Å². The van der Waals surface area contributed by atoms with Crippen molar-refractivity contribution in [2.45, 2.75) is 31.6 Å². The van der Waals surface area contributed by atoms with Crippen molar-refractivity contribution in [2.24, 2.45) is 5.92 Å². The number of nitrogens with zero attached hydrogens (tertiary/aromatic N) is 1. The minimum absolute atomic E-state index is 0. The van der Waals surface area contributed by atoms with Gasteiger partial charge < -0.3 is 10.1 Å². The smallest absolute Gasteiger partial charge is 0.243 e. The van der Waals surface area contributed by atoms with Crippen LogP contribution >= 0.6 is 12.4 Å². The average Bonchev–Trinajstić information content (AvgIpc) is 2.54. The van der Waals surface area contributed by atoms with Crippen LogP contribution in [0.4, 0.5) is 0 Å². The van der Waals surface area contributed by atoms with Crippen molar-refractivity contribution in [2.75, 3.05) is 32.8 Å². The summed E-state index contributed by atoms with van der Waals surface area (Å²) in [4.78, 5) is 0.323. The lowest BCUT2D eigenvalue weighted by atomic mass is 9.98. The second kappa shape index (κ2) is 9.47. The summed E-state index contributed by atoms with van der Waals surface area (Å²) in [5.41, 5.74) is 0. The maximum absolute atomic E-state index is 12.7. The van der Waals surface area contributed by atoms with Crippen molar-refractivity contribution in [1.29, 1.82) is 0 Å². The van der Waals surface area contributed by atoms with Crippen LogP contribution in [0.3, 0.4) is 0 Å². The molecule has 0 aliphatic carbocycles. The standard InChI is InChI=1S/C16H26N2O3S.ClH/c1-3-17-13-14-8-10-18(11-9-14)22(19,20)16-7-5-6-15(12-16)21-4-2;/h5-7,12,14,17H,3-4,8-11,13H2,1-2H3;1H. The van der Waals surface area contributed by atoms with Crippen LogP contribution in [-0.2, 0) is 10.0 Å². The Labute approximate surface area is 145 Å². The van der Waals surface area contributed by atoms with E-state index in [1.54, 1.807) is 28.6 Å². The molecular formula is C16H27ClN2O3S. The molecular weight excluding hydrogens is 336 g/mol. The van der Waals surface area contributed by atoms with Crippen molar-refractivity contribution >= 4 is 22.4 Å². The lowest BCUT2D eigenvalue weighted by Gasteiger charge is -2.31. The van der Waals surface area contributed by atoms with Gasteiger partial charge >= 0.3 is 0 Å². The molecule has 1 aromatic carbocycles. The van der Waals surface area contributed by atoms with E-state index in [4.69, 9.17) is 4.74 Å². The van der Waals surface area contributed by atoms with Gasteiger partial charge in [-0.05, 0) is 50.9 Å². The number of benzene rings is 1. The Hall–Kier alpha value is -0.820. The molecule has 1 fully saturated rings. The molecule has 0 saturated carbocycles. The quantitative estimate of drug-likeness (QED) is 0.809. The number of hydrogen-bond acceptors (Lipinski definition) is 4. The highest BCUT2D eigenvalue weighted by Gasteiger charge is 2.29. The van der Waals surface area contributed by atoms with Crippen LogP contribution in [0.5, 0.6) is 5.75 Å². The summed E-state index contributed by atoms with van der Waals surface area (Å²) in [5.74, 6) is 1.17. The van der Waals surface area contributed by atoms with Gasteiger partial charge in [-0.1, -0.05) is 13.0 Å². The van der Waals surface area contributed by atoms with Crippen molar-refractivity contribution in [3.63, 3.8) is 0 Å². The first-order valence-electron chi connectivity index (χ1n) is 8.01. The van der Waals surface area contributed by atoms with E-state index < -0.39 is 10.0 Å².